The van der Waals surface area contributed by atoms with Gasteiger partial charge in [-0.3, -0.25) is 0 Å². The normalized spacial score (nSPS) is 27.3. The Morgan fingerprint density at radius 1 is 1.24 bits per heavy atom. The van der Waals surface area contributed by atoms with Crippen molar-refractivity contribution in [3.8, 4) is 5.75 Å². The van der Waals surface area contributed by atoms with Crippen LogP contribution in [0.3, 0.4) is 0 Å². The molecule has 1 fully saturated rings. The molecule has 2 heteroatoms. The molecule has 2 N–H and O–H groups in total. The summed E-state index contributed by atoms with van der Waals surface area (Å²) in [6, 6.07) is 5.68. The van der Waals surface area contributed by atoms with E-state index in [0.29, 0.717) is 5.75 Å². The van der Waals surface area contributed by atoms with Crippen molar-refractivity contribution in [1.82, 2.24) is 0 Å². The van der Waals surface area contributed by atoms with Gasteiger partial charge in [-0.2, -0.15) is 0 Å². The van der Waals surface area contributed by atoms with E-state index in [9.17, 15) is 10.2 Å². The number of aliphatic hydroxyl groups excluding tert-OH is 1. The van der Waals surface area contributed by atoms with Crippen LogP contribution in [0.25, 0.3) is 0 Å². The molecular formula is C15H22O2. The lowest BCUT2D eigenvalue weighted by atomic mass is 9.64. The average Bonchev–Trinajstić information content (AvgIpc) is 2.58. The lowest BCUT2D eigenvalue weighted by Gasteiger charge is -2.41. The van der Waals surface area contributed by atoms with Crippen LogP contribution in [0.4, 0.5) is 0 Å². The minimum Gasteiger partial charge on any atom is -0.508 e. The van der Waals surface area contributed by atoms with E-state index in [-0.39, 0.29) is 17.4 Å². The molecule has 0 amide bonds. The molecule has 17 heavy (non-hydrogen) atoms. The number of hydrogen-bond acceptors (Lipinski definition) is 2. The van der Waals surface area contributed by atoms with Gasteiger partial charge in [-0.15, -0.1) is 0 Å². The predicted octanol–water partition coefficient (Wildman–Crippen LogP) is 3.14. The molecule has 94 valence electrons. The highest BCUT2D eigenvalue weighted by atomic mass is 16.3. The van der Waals surface area contributed by atoms with Crippen LogP contribution in [-0.2, 0) is 5.41 Å². The van der Waals surface area contributed by atoms with Crippen molar-refractivity contribution in [2.24, 2.45) is 5.41 Å². The molecule has 2 rings (SSSR count). The molecule has 0 spiro atoms. The molecule has 0 aromatic heterocycles. The second-order valence-corrected chi connectivity index (χ2v) is 6.00. The summed E-state index contributed by atoms with van der Waals surface area (Å²) in [5.74, 6) is 0.319. The molecule has 0 bridgehead atoms. The number of aromatic hydroxyl groups is 1. The maximum Gasteiger partial charge on any atom is 0.119 e. The van der Waals surface area contributed by atoms with Crippen molar-refractivity contribution in [3.05, 3.63) is 29.3 Å². The molecule has 0 unspecified atom stereocenters. The lowest BCUT2D eigenvalue weighted by Crippen LogP contribution is -2.40. The maximum absolute atomic E-state index is 10.1. The smallest absolute Gasteiger partial charge is 0.119 e. The molecule has 1 aliphatic carbocycles. The Morgan fingerprint density at radius 2 is 1.94 bits per heavy atom. The van der Waals surface area contributed by atoms with Gasteiger partial charge in [-0.1, -0.05) is 38.0 Å². The van der Waals surface area contributed by atoms with Crippen molar-refractivity contribution in [1.29, 1.82) is 0 Å². The van der Waals surface area contributed by atoms with Gasteiger partial charge < -0.3 is 10.2 Å². The Morgan fingerprint density at radius 3 is 2.47 bits per heavy atom. The van der Waals surface area contributed by atoms with E-state index in [1.54, 1.807) is 6.07 Å². The summed E-state index contributed by atoms with van der Waals surface area (Å²) in [6.45, 7) is 6.52. The Balaban J connectivity index is 2.59. The van der Waals surface area contributed by atoms with E-state index in [1.165, 1.54) is 0 Å². The van der Waals surface area contributed by atoms with Crippen LogP contribution in [0.1, 0.15) is 44.2 Å². The van der Waals surface area contributed by atoms with Crippen LogP contribution >= 0.6 is 0 Å². The van der Waals surface area contributed by atoms with E-state index < -0.39 is 0 Å². The van der Waals surface area contributed by atoms with Crippen LogP contribution in [-0.4, -0.2) is 16.8 Å². The van der Waals surface area contributed by atoms with Gasteiger partial charge in [0.05, 0.1) is 6.61 Å². The Bertz CT molecular complexity index is 423. The van der Waals surface area contributed by atoms with Crippen LogP contribution in [0.5, 0.6) is 5.75 Å². The molecule has 0 aliphatic heterocycles. The van der Waals surface area contributed by atoms with Gasteiger partial charge in [-0.25, -0.2) is 0 Å². The summed E-state index contributed by atoms with van der Waals surface area (Å²) in [4.78, 5) is 0. The Kier molecular flexibility index (Phi) is 2.94. The highest BCUT2D eigenvalue weighted by Crippen LogP contribution is 2.55. The molecule has 1 aromatic carbocycles. The molecule has 0 saturated heterocycles. The summed E-state index contributed by atoms with van der Waals surface area (Å²) >= 11 is 0. The quantitative estimate of drug-likeness (QED) is 0.825. The summed E-state index contributed by atoms with van der Waals surface area (Å²) in [7, 11) is 0. The van der Waals surface area contributed by atoms with Crippen molar-refractivity contribution in [2.45, 2.75) is 45.4 Å². The monoisotopic (exact) mass is 234 g/mol. The molecule has 0 heterocycles. The fourth-order valence-corrected chi connectivity index (χ4v) is 3.32. The van der Waals surface area contributed by atoms with E-state index in [0.717, 1.165) is 30.4 Å². The van der Waals surface area contributed by atoms with E-state index in [2.05, 4.69) is 13.8 Å². The molecule has 1 aromatic rings. The van der Waals surface area contributed by atoms with Crippen LogP contribution in [0.15, 0.2) is 18.2 Å². The highest BCUT2D eigenvalue weighted by Gasteiger charge is 2.50. The topological polar surface area (TPSA) is 40.5 Å². The van der Waals surface area contributed by atoms with Crippen LogP contribution in [0, 0.1) is 12.3 Å². The summed E-state index contributed by atoms with van der Waals surface area (Å²) in [6.07, 6.45) is 3.16. The Labute approximate surface area is 103 Å². The van der Waals surface area contributed by atoms with Crippen LogP contribution in [0.2, 0.25) is 0 Å². The lowest BCUT2D eigenvalue weighted by molar-refractivity contribution is 0.102. The fraction of sp³-hybridized carbons (Fsp3) is 0.600. The second kappa shape index (κ2) is 4.02. The zero-order valence-electron chi connectivity index (χ0n) is 11.0. The second-order valence-electron chi connectivity index (χ2n) is 6.00. The van der Waals surface area contributed by atoms with Crippen molar-refractivity contribution >= 4 is 0 Å². The molecule has 1 saturated carbocycles. The average molecular weight is 234 g/mol. The van der Waals surface area contributed by atoms with Gasteiger partial charge in [0.1, 0.15) is 5.75 Å². The van der Waals surface area contributed by atoms with Crippen molar-refractivity contribution in [2.75, 3.05) is 6.61 Å². The standard InChI is InChI=1S/C15H22O2/c1-11-5-6-13(17)12(9-11)15(10-16)8-4-7-14(15,2)3/h5-6,9,16-17H,4,7-8,10H2,1-3H3/t15-/m0/s1. The van der Waals surface area contributed by atoms with Gasteiger partial charge in [-0.05, 0) is 31.2 Å². The highest BCUT2D eigenvalue weighted by molar-refractivity contribution is 5.43. The summed E-state index contributed by atoms with van der Waals surface area (Å²) in [5, 5.41) is 20.0. The molecule has 1 aliphatic rings. The first-order valence-corrected chi connectivity index (χ1v) is 6.34. The van der Waals surface area contributed by atoms with E-state index in [1.807, 2.05) is 19.1 Å². The van der Waals surface area contributed by atoms with Gasteiger partial charge in [0.15, 0.2) is 0 Å². The molecular weight excluding hydrogens is 212 g/mol. The number of benzene rings is 1. The van der Waals surface area contributed by atoms with Gasteiger partial charge >= 0.3 is 0 Å². The number of phenolic OH excluding ortho intramolecular Hbond substituents is 1. The zero-order chi connectivity index (χ0) is 12.7. The first-order chi connectivity index (χ1) is 7.93. The van der Waals surface area contributed by atoms with Gasteiger partial charge in [0, 0.05) is 11.0 Å². The van der Waals surface area contributed by atoms with Crippen molar-refractivity contribution in [3.63, 3.8) is 0 Å². The van der Waals surface area contributed by atoms with E-state index in [4.69, 9.17) is 0 Å². The largest absolute Gasteiger partial charge is 0.508 e. The number of rotatable bonds is 2. The summed E-state index contributed by atoms with van der Waals surface area (Å²) < 4.78 is 0. The van der Waals surface area contributed by atoms with Crippen molar-refractivity contribution < 1.29 is 10.2 Å². The minimum atomic E-state index is -0.289. The van der Waals surface area contributed by atoms with Gasteiger partial charge in [0.25, 0.3) is 0 Å². The number of hydrogen-bond donors (Lipinski definition) is 2. The van der Waals surface area contributed by atoms with Gasteiger partial charge in [0.2, 0.25) is 0 Å². The molecule has 0 radical (unpaired) electrons. The van der Waals surface area contributed by atoms with Crippen LogP contribution < -0.4 is 0 Å². The zero-order valence-corrected chi connectivity index (χ0v) is 11.0. The van der Waals surface area contributed by atoms with E-state index >= 15 is 0 Å². The number of aliphatic hydroxyl groups is 1. The first-order valence-electron chi connectivity index (χ1n) is 6.34. The first kappa shape index (κ1) is 12.4. The SMILES string of the molecule is Cc1ccc(O)c([C@@]2(CO)CCCC2(C)C)c1. The summed E-state index contributed by atoms with van der Waals surface area (Å²) in [5.41, 5.74) is 1.80. The third-order valence-corrected chi connectivity index (χ3v) is 4.64. The number of phenols is 1. The maximum atomic E-state index is 10.1. The molecule has 2 nitrogen and oxygen atoms in total. The Hall–Kier alpha value is -1.02. The fourth-order valence-electron chi connectivity index (χ4n) is 3.32. The third kappa shape index (κ3) is 1.75. The number of aryl methyl sites for hydroxylation is 1. The molecule has 1 atom stereocenters. The minimum absolute atomic E-state index is 0.0347. The predicted molar refractivity (Wildman–Crippen MR) is 69.2 cm³/mol. The third-order valence-electron chi connectivity index (χ3n) is 4.64.